The van der Waals surface area contributed by atoms with Crippen LogP contribution in [0.2, 0.25) is 0 Å². The molecule has 1 fully saturated rings. The van der Waals surface area contributed by atoms with E-state index in [4.69, 9.17) is 9.47 Å². The maximum absolute atomic E-state index is 11.4. The smallest absolute Gasteiger partial charge is 0.324 e. The second kappa shape index (κ2) is 3.44. The van der Waals surface area contributed by atoms with Gasteiger partial charge in [0.05, 0.1) is 0 Å². The van der Waals surface area contributed by atoms with E-state index in [2.05, 4.69) is 6.58 Å². The van der Waals surface area contributed by atoms with Crippen LogP contribution in [0.1, 0.15) is 20.8 Å². The van der Waals surface area contributed by atoms with Gasteiger partial charge in [0.25, 0.3) is 5.79 Å². The van der Waals surface area contributed by atoms with Crippen molar-refractivity contribution in [2.45, 2.75) is 26.6 Å². The number of rotatable bonds is 2. The topological polar surface area (TPSA) is 52.6 Å². The summed E-state index contributed by atoms with van der Waals surface area (Å²) in [7, 11) is 0. The van der Waals surface area contributed by atoms with Crippen molar-refractivity contribution >= 4 is 11.9 Å². The van der Waals surface area contributed by atoms with Crippen LogP contribution in [0.15, 0.2) is 12.7 Å². The Hall–Kier alpha value is -1.32. The number of ether oxygens (including phenoxy) is 2. The molecule has 1 rings (SSSR count). The zero-order valence-electron chi connectivity index (χ0n) is 8.57. The van der Waals surface area contributed by atoms with Gasteiger partial charge >= 0.3 is 11.9 Å². The summed E-state index contributed by atoms with van der Waals surface area (Å²) in [6, 6.07) is 0. The lowest BCUT2D eigenvalue weighted by atomic mass is 9.93. The lowest BCUT2D eigenvalue weighted by molar-refractivity contribution is -0.241. The molecule has 1 heterocycles. The van der Waals surface area contributed by atoms with Gasteiger partial charge in [-0.25, -0.2) is 0 Å². The highest BCUT2D eigenvalue weighted by atomic mass is 16.7. The van der Waals surface area contributed by atoms with Crippen molar-refractivity contribution in [3.63, 3.8) is 0 Å². The molecule has 0 aliphatic carbocycles. The second-order valence-electron chi connectivity index (χ2n) is 3.81. The fourth-order valence-corrected chi connectivity index (χ4v) is 1.29. The van der Waals surface area contributed by atoms with Crippen LogP contribution in [0, 0.1) is 11.8 Å². The van der Waals surface area contributed by atoms with Gasteiger partial charge in [-0.05, 0) is 5.92 Å². The average Bonchev–Trinajstić information content (AvgIpc) is 1.99. The minimum Gasteiger partial charge on any atom is -0.422 e. The molecule has 0 saturated carbocycles. The van der Waals surface area contributed by atoms with E-state index in [0.717, 1.165) is 0 Å². The van der Waals surface area contributed by atoms with Gasteiger partial charge in [-0.3, -0.25) is 9.59 Å². The van der Waals surface area contributed by atoms with Crippen molar-refractivity contribution in [1.82, 2.24) is 0 Å². The first-order valence-electron chi connectivity index (χ1n) is 4.45. The zero-order valence-corrected chi connectivity index (χ0v) is 8.57. The molecule has 0 bridgehead atoms. The second-order valence-corrected chi connectivity index (χ2v) is 3.81. The Bertz CT molecular complexity index is 260. The van der Waals surface area contributed by atoms with E-state index in [1.165, 1.54) is 19.9 Å². The zero-order chi connectivity index (χ0) is 10.9. The van der Waals surface area contributed by atoms with Gasteiger partial charge in [-0.1, -0.05) is 13.0 Å². The summed E-state index contributed by atoms with van der Waals surface area (Å²) in [6.45, 7) is 8.30. The van der Waals surface area contributed by atoms with E-state index in [1.807, 2.05) is 0 Å². The molecule has 1 unspecified atom stereocenters. The third kappa shape index (κ3) is 1.95. The van der Waals surface area contributed by atoms with Crippen molar-refractivity contribution in [2.24, 2.45) is 11.8 Å². The molecular weight excluding hydrogens is 184 g/mol. The van der Waals surface area contributed by atoms with E-state index >= 15 is 0 Å². The fourth-order valence-electron chi connectivity index (χ4n) is 1.29. The largest absolute Gasteiger partial charge is 0.422 e. The van der Waals surface area contributed by atoms with Gasteiger partial charge in [0.15, 0.2) is 5.92 Å². The van der Waals surface area contributed by atoms with Crippen LogP contribution in [0.3, 0.4) is 0 Å². The van der Waals surface area contributed by atoms with E-state index in [-0.39, 0.29) is 5.92 Å². The van der Waals surface area contributed by atoms with E-state index in [0.29, 0.717) is 0 Å². The number of carbonyl (C=O) groups excluding carboxylic acids is 2. The van der Waals surface area contributed by atoms with Crippen molar-refractivity contribution in [1.29, 1.82) is 0 Å². The van der Waals surface area contributed by atoms with Crippen LogP contribution >= 0.6 is 0 Å². The van der Waals surface area contributed by atoms with Gasteiger partial charge in [0.1, 0.15) is 0 Å². The van der Waals surface area contributed by atoms with E-state index in [9.17, 15) is 9.59 Å². The Labute approximate surface area is 82.9 Å². The van der Waals surface area contributed by atoms with Crippen LogP contribution in [-0.2, 0) is 19.1 Å². The van der Waals surface area contributed by atoms with Crippen molar-refractivity contribution < 1.29 is 19.1 Å². The highest BCUT2D eigenvalue weighted by Crippen LogP contribution is 2.27. The summed E-state index contributed by atoms with van der Waals surface area (Å²) in [5.74, 6) is -3.38. The molecule has 1 saturated heterocycles. The van der Waals surface area contributed by atoms with Gasteiger partial charge in [-0.15, -0.1) is 6.58 Å². The highest BCUT2D eigenvalue weighted by molar-refractivity contribution is 5.97. The number of carbonyl (C=O) groups is 2. The molecule has 1 atom stereocenters. The average molecular weight is 198 g/mol. The number of esters is 2. The van der Waals surface area contributed by atoms with Crippen molar-refractivity contribution in [2.75, 3.05) is 0 Å². The molecule has 1 aliphatic rings. The quantitative estimate of drug-likeness (QED) is 0.381. The first kappa shape index (κ1) is 10.8. The highest BCUT2D eigenvalue weighted by Gasteiger charge is 2.44. The maximum Gasteiger partial charge on any atom is 0.324 e. The van der Waals surface area contributed by atoms with Gasteiger partial charge in [0, 0.05) is 13.8 Å². The molecule has 78 valence electrons. The first-order valence-corrected chi connectivity index (χ1v) is 4.45. The summed E-state index contributed by atoms with van der Waals surface area (Å²) >= 11 is 0. The molecule has 0 N–H and O–H groups in total. The van der Waals surface area contributed by atoms with Gasteiger partial charge in [-0.2, -0.15) is 0 Å². The Kier molecular flexibility index (Phi) is 2.64. The molecule has 0 radical (unpaired) electrons. The minimum absolute atomic E-state index is 0.272. The predicted molar refractivity (Wildman–Crippen MR) is 49.1 cm³/mol. The summed E-state index contributed by atoms with van der Waals surface area (Å²) in [5, 5.41) is 0. The number of cyclic esters (lactones) is 2. The van der Waals surface area contributed by atoms with E-state index < -0.39 is 23.6 Å². The Balaban J connectivity index is 2.86. The molecule has 1 aliphatic heterocycles. The van der Waals surface area contributed by atoms with Crippen molar-refractivity contribution in [3.8, 4) is 0 Å². The van der Waals surface area contributed by atoms with Crippen LogP contribution in [0.4, 0.5) is 0 Å². The minimum atomic E-state index is -1.15. The fraction of sp³-hybridized carbons (Fsp3) is 0.600. The number of hydrogen-bond donors (Lipinski definition) is 0. The molecule has 0 aromatic carbocycles. The van der Waals surface area contributed by atoms with Crippen LogP contribution < -0.4 is 0 Å². The lowest BCUT2D eigenvalue weighted by Crippen LogP contribution is -2.48. The van der Waals surface area contributed by atoms with Crippen LogP contribution in [0.5, 0.6) is 0 Å². The van der Waals surface area contributed by atoms with Crippen LogP contribution in [-0.4, -0.2) is 17.7 Å². The predicted octanol–water partition coefficient (Wildman–Crippen LogP) is 1.26. The summed E-state index contributed by atoms with van der Waals surface area (Å²) in [6.07, 6.45) is 1.53. The first-order chi connectivity index (χ1) is 6.37. The summed E-state index contributed by atoms with van der Waals surface area (Å²) in [4.78, 5) is 22.9. The standard InChI is InChI=1S/C10H14O4/c1-5-6(2)7-8(11)13-10(3,4)14-9(7)12/h5-7H,1H2,2-4H3. The Morgan fingerprint density at radius 2 is 1.79 bits per heavy atom. The van der Waals surface area contributed by atoms with E-state index in [1.54, 1.807) is 6.92 Å². The third-order valence-electron chi connectivity index (χ3n) is 2.10. The van der Waals surface area contributed by atoms with Gasteiger partial charge in [0.2, 0.25) is 0 Å². The molecular formula is C10H14O4. The molecule has 0 spiro atoms. The molecule has 0 amide bonds. The van der Waals surface area contributed by atoms with Crippen molar-refractivity contribution in [3.05, 3.63) is 12.7 Å². The molecule has 4 nitrogen and oxygen atoms in total. The maximum atomic E-state index is 11.4. The summed E-state index contributed by atoms with van der Waals surface area (Å²) in [5.41, 5.74) is 0. The molecule has 0 aromatic rings. The monoisotopic (exact) mass is 198 g/mol. The SMILES string of the molecule is C=CC(C)C1C(=O)OC(C)(C)OC1=O. The third-order valence-corrected chi connectivity index (χ3v) is 2.10. The molecule has 14 heavy (non-hydrogen) atoms. The number of hydrogen-bond acceptors (Lipinski definition) is 4. The lowest BCUT2D eigenvalue weighted by Gasteiger charge is -2.34. The Morgan fingerprint density at radius 3 is 2.14 bits per heavy atom. The Morgan fingerprint density at radius 1 is 1.36 bits per heavy atom. The summed E-state index contributed by atoms with van der Waals surface area (Å²) < 4.78 is 9.90. The normalized spacial score (nSPS) is 23.6. The molecule has 0 aromatic heterocycles. The van der Waals surface area contributed by atoms with Crippen LogP contribution in [0.25, 0.3) is 0 Å². The van der Waals surface area contributed by atoms with Gasteiger partial charge < -0.3 is 9.47 Å². The number of allylic oxidation sites excluding steroid dienone is 1. The molecule has 4 heteroatoms.